The summed E-state index contributed by atoms with van der Waals surface area (Å²) >= 11 is 0. The minimum absolute atomic E-state index is 0.274. The van der Waals surface area contributed by atoms with Gasteiger partial charge < -0.3 is 15.0 Å². The Morgan fingerprint density at radius 2 is 1.93 bits per heavy atom. The van der Waals surface area contributed by atoms with Crippen LogP contribution in [0.1, 0.15) is 37.8 Å². The Balaban J connectivity index is 1.52. The summed E-state index contributed by atoms with van der Waals surface area (Å²) < 4.78 is 19.4. The minimum Gasteiger partial charge on any atom is -0.496 e. The number of hydrogen-bond acceptors (Lipinski definition) is 3. The van der Waals surface area contributed by atoms with Gasteiger partial charge in [0.25, 0.3) is 0 Å². The molecule has 1 aliphatic carbocycles. The lowest BCUT2D eigenvalue weighted by Gasteiger charge is -2.40. The van der Waals surface area contributed by atoms with Gasteiger partial charge in [0.05, 0.1) is 7.11 Å². The Kier molecular flexibility index (Phi) is 4.63. The van der Waals surface area contributed by atoms with Crippen molar-refractivity contribution >= 4 is 16.6 Å². The van der Waals surface area contributed by atoms with Crippen LogP contribution >= 0.6 is 0 Å². The van der Waals surface area contributed by atoms with E-state index in [-0.39, 0.29) is 5.82 Å². The molecule has 0 bridgehead atoms. The Bertz CT molecular complexity index is 1080. The molecular formula is C24H26FN3O. The number of hydrogen-bond donors (Lipinski definition) is 2. The number of rotatable bonds is 3. The molecule has 5 rings (SSSR count). The summed E-state index contributed by atoms with van der Waals surface area (Å²) in [4.78, 5) is 8.01. The largest absolute Gasteiger partial charge is 0.496 e. The van der Waals surface area contributed by atoms with E-state index in [1.807, 2.05) is 6.07 Å². The molecule has 0 unspecified atom stereocenters. The average Bonchev–Trinajstić information content (AvgIpc) is 3.19. The van der Waals surface area contributed by atoms with Crippen LogP contribution < -0.4 is 10.1 Å². The number of halogens is 1. The van der Waals surface area contributed by atoms with Crippen LogP contribution in [0.3, 0.4) is 0 Å². The molecule has 1 saturated heterocycles. The van der Waals surface area contributed by atoms with Crippen LogP contribution in [0, 0.1) is 11.2 Å². The number of pyridine rings is 1. The number of nitrogens with one attached hydrogen (secondary N) is 2. The summed E-state index contributed by atoms with van der Waals surface area (Å²) in [5.41, 5.74) is 5.48. The molecule has 29 heavy (non-hydrogen) atoms. The molecule has 2 aromatic heterocycles. The number of nitrogens with zero attached hydrogens (tertiary/aromatic N) is 1. The number of methoxy groups -OCH3 is 1. The molecule has 3 heterocycles. The second-order valence-corrected chi connectivity index (χ2v) is 8.33. The standard InChI is InChI=1S/C24H26FN3O/c1-29-22-3-2-17(25)14-19(22)18-6-11-27-23-20(18)15-21(28-23)16-4-7-24(8-5-16)9-12-26-13-10-24/h2-4,6,11,14-15,26H,5,7-10,12-13H2,1H3,(H,27,28). The third kappa shape index (κ3) is 3.33. The highest BCUT2D eigenvalue weighted by Gasteiger charge is 2.33. The summed E-state index contributed by atoms with van der Waals surface area (Å²) in [5, 5.41) is 4.47. The van der Waals surface area contributed by atoms with E-state index in [2.05, 4.69) is 27.4 Å². The summed E-state index contributed by atoms with van der Waals surface area (Å²) in [6.45, 7) is 2.27. The molecule has 5 heteroatoms. The quantitative estimate of drug-likeness (QED) is 0.636. The monoisotopic (exact) mass is 391 g/mol. The van der Waals surface area contributed by atoms with Crippen LogP contribution in [0.5, 0.6) is 5.75 Å². The zero-order valence-electron chi connectivity index (χ0n) is 16.7. The number of piperidine rings is 1. The molecule has 150 valence electrons. The van der Waals surface area contributed by atoms with Crippen molar-refractivity contribution in [3.05, 3.63) is 54.1 Å². The Morgan fingerprint density at radius 3 is 2.69 bits per heavy atom. The first kappa shape index (κ1) is 18.4. The van der Waals surface area contributed by atoms with Crippen molar-refractivity contribution in [2.45, 2.75) is 32.1 Å². The lowest BCUT2D eigenvalue weighted by atomic mass is 9.69. The summed E-state index contributed by atoms with van der Waals surface area (Å²) in [5.74, 6) is 0.384. The van der Waals surface area contributed by atoms with E-state index in [9.17, 15) is 4.39 Å². The molecular weight excluding hydrogens is 365 g/mol. The van der Waals surface area contributed by atoms with E-state index in [0.29, 0.717) is 11.2 Å². The third-order valence-corrected chi connectivity index (χ3v) is 6.70. The third-order valence-electron chi connectivity index (χ3n) is 6.70. The maximum atomic E-state index is 13.9. The normalized spacial score (nSPS) is 18.8. The van der Waals surface area contributed by atoms with E-state index in [1.54, 1.807) is 19.4 Å². The molecule has 3 aromatic rings. The maximum Gasteiger partial charge on any atom is 0.138 e. The highest BCUT2D eigenvalue weighted by molar-refractivity contribution is 5.96. The predicted molar refractivity (Wildman–Crippen MR) is 114 cm³/mol. The molecule has 2 N–H and O–H groups in total. The van der Waals surface area contributed by atoms with Crippen molar-refractivity contribution < 1.29 is 9.13 Å². The van der Waals surface area contributed by atoms with Gasteiger partial charge in [-0.3, -0.25) is 0 Å². The fraction of sp³-hybridized carbons (Fsp3) is 0.375. The van der Waals surface area contributed by atoms with Crippen molar-refractivity contribution in [3.63, 3.8) is 0 Å². The Morgan fingerprint density at radius 1 is 1.07 bits per heavy atom. The first-order chi connectivity index (χ1) is 14.2. The topological polar surface area (TPSA) is 49.9 Å². The number of aromatic amines is 1. The van der Waals surface area contributed by atoms with Gasteiger partial charge in [0.1, 0.15) is 17.2 Å². The molecule has 0 saturated carbocycles. The van der Waals surface area contributed by atoms with Gasteiger partial charge in [0.15, 0.2) is 0 Å². The first-order valence-electron chi connectivity index (χ1n) is 10.4. The van der Waals surface area contributed by atoms with Gasteiger partial charge in [0, 0.05) is 22.8 Å². The summed E-state index contributed by atoms with van der Waals surface area (Å²) in [6.07, 6.45) is 10.2. The van der Waals surface area contributed by atoms with Crippen LogP contribution in [0.25, 0.3) is 27.7 Å². The number of benzene rings is 1. The summed E-state index contributed by atoms with van der Waals surface area (Å²) in [6, 6.07) is 8.71. The number of allylic oxidation sites excluding steroid dienone is 2. The lowest BCUT2D eigenvalue weighted by molar-refractivity contribution is 0.184. The molecule has 0 radical (unpaired) electrons. The SMILES string of the molecule is COc1ccc(F)cc1-c1ccnc2[nH]c(C3=CCC4(CCNCC4)CC3)cc12. The van der Waals surface area contributed by atoms with Gasteiger partial charge in [-0.25, -0.2) is 9.37 Å². The van der Waals surface area contributed by atoms with Crippen molar-refractivity contribution in [2.75, 3.05) is 20.2 Å². The van der Waals surface area contributed by atoms with Gasteiger partial charge in [-0.05, 0) is 92.1 Å². The fourth-order valence-corrected chi connectivity index (χ4v) is 4.92. The minimum atomic E-state index is -0.274. The lowest BCUT2D eigenvalue weighted by Crippen LogP contribution is -2.37. The summed E-state index contributed by atoms with van der Waals surface area (Å²) in [7, 11) is 1.61. The highest BCUT2D eigenvalue weighted by Crippen LogP contribution is 2.45. The van der Waals surface area contributed by atoms with E-state index in [1.165, 1.54) is 37.0 Å². The van der Waals surface area contributed by atoms with Crippen molar-refractivity contribution in [1.29, 1.82) is 0 Å². The number of H-pyrrole nitrogens is 1. The molecule has 2 aliphatic rings. The van der Waals surface area contributed by atoms with Gasteiger partial charge >= 0.3 is 0 Å². The van der Waals surface area contributed by atoms with Crippen LogP contribution in [-0.4, -0.2) is 30.2 Å². The molecule has 0 atom stereocenters. The second-order valence-electron chi connectivity index (χ2n) is 8.33. The van der Waals surface area contributed by atoms with Crippen LogP contribution in [0.15, 0.2) is 42.6 Å². The predicted octanol–water partition coefficient (Wildman–Crippen LogP) is 5.31. The molecule has 1 aromatic carbocycles. The molecule has 0 amide bonds. The molecule has 1 aliphatic heterocycles. The van der Waals surface area contributed by atoms with Crippen molar-refractivity contribution in [1.82, 2.24) is 15.3 Å². The van der Waals surface area contributed by atoms with Gasteiger partial charge in [-0.2, -0.15) is 0 Å². The van der Waals surface area contributed by atoms with Gasteiger partial charge in [-0.1, -0.05) is 6.08 Å². The van der Waals surface area contributed by atoms with E-state index in [4.69, 9.17) is 4.74 Å². The van der Waals surface area contributed by atoms with Gasteiger partial charge in [0.2, 0.25) is 0 Å². The highest BCUT2D eigenvalue weighted by atomic mass is 19.1. The first-order valence-corrected chi connectivity index (χ1v) is 10.4. The fourth-order valence-electron chi connectivity index (χ4n) is 4.92. The second kappa shape index (κ2) is 7.30. The Hall–Kier alpha value is -2.66. The molecule has 1 spiro atoms. The number of aromatic nitrogens is 2. The molecule has 4 nitrogen and oxygen atoms in total. The number of ether oxygens (including phenoxy) is 1. The zero-order valence-corrected chi connectivity index (χ0v) is 16.7. The number of fused-ring (bicyclic) bond motifs is 1. The average molecular weight is 391 g/mol. The van der Waals surface area contributed by atoms with Crippen molar-refractivity contribution in [2.24, 2.45) is 5.41 Å². The van der Waals surface area contributed by atoms with Crippen molar-refractivity contribution in [3.8, 4) is 16.9 Å². The van der Waals surface area contributed by atoms with Crippen LogP contribution in [0.4, 0.5) is 4.39 Å². The van der Waals surface area contributed by atoms with E-state index >= 15 is 0 Å². The maximum absolute atomic E-state index is 13.9. The molecule has 1 fully saturated rings. The van der Waals surface area contributed by atoms with Crippen LogP contribution in [-0.2, 0) is 0 Å². The van der Waals surface area contributed by atoms with Gasteiger partial charge in [-0.15, -0.1) is 0 Å². The zero-order chi connectivity index (χ0) is 19.8. The van der Waals surface area contributed by atoms with E-state index in [0.717, 1.165) is 53.8 Å². The van der Waals surface area contributed by atoms with E-state index < -0.39 is 0 Å². The Labute approximate surface area is 170 Å². The smallest absolute Gasteiger partial charge is 0.138 e. The van der Waals surface area contributed by atoms with Crippen LogP contribution in [0.2, 0.25) is 0 Å².